The lowest BCUT2D eigenvalue weighted by Crippen LogP contribution is -2.45. The monoisotopic (exact) mass is 299 g/mol. The summed E-state index contributed by atoms with van der Waals surface area (Å²) in [7, 11) is 1.81. The molecule has 1 unspecified atom stereocenters. The normalized spacial score (nSPS) is 23.9. The Bertz CT molecular complexity index is 371. The van der Waals surface area contributed by atoms with Gasteiger partial charge in [0.2, 0.25) is 0 Å². The maximum absolute atomic E-state index is 12.4. The van der Waals surface area contributed by atoms with Crippen molar-refractivity contribution in [3.63, 3.8) is 0 Å². The van der Waals surface area contributed by atoms with Crippen LogP contribution >= 0.6 is 0 Å². The van der Waals surface area contributed by atoms with Crippen LogP contribution in [-0.4, -0.2) is 90.8 Å². The number of hydrogen-bond donors (Lipinski definition) is 1. The molecule has 2 amide bonds. The highest BCUT2D eigenvalue weighted by Gasteiger charge is 2.25. The van der Waals surface area contributed by atoms with Gasteiger partial charge in [-0.25, -0.2) is 4.79 Å². The van der Waals surface area contributed by atoms with Crippen LogP contribution in [0.5, 0.6) is 0 Å². The van der Waals surface area contributed by atoms with E-state index in [1.54, 1.807) is 4.90 Å². The van der Waals surface area contributed by atoms with E-state index in [1.165, 1.54) is 0 Å². The quantitative estimate of drug-likeness (QED) is 0.809. The molecule has 7 heteroatoms. The van der Waals surface area contributed by atoms with Gasteiger partial charge in [-0.05, 0) is 19.3 Å². The lowest BCUT2D eigenvalue weighted by molar-refractivity contribution is -0.138. The topological polar surface area (TPSA) is 73.3 Å². The number of carbonyl (C=O) groups is 2. The summed E-state index contributed by atoms with van der Waals surface area (Å²) in [6, 6.07) is 0.0164. The summed E-state index contributed by atoms with van der Waals surface area (Å²) in [5.41, 5.74) is 0. The number of carbonyl (C=O) groups excluding carboxylic acids is 1. The van der Waals surface area contributed by atoms with E-state index < -0.39 is 5.97 Å². The third kappa shape index (κ3) is 4.86. The van der Waals surface area contributed by atoms with Crippen molar-refractivity contribution in [3.05, 3.63) is 0 Å². The molecular weight excluding hydrogens is 274 g/mol. The molecule has 0 radical (unpaired) electrons. The number of urea groups is 1. The summed E-state index contributed by atoms with van der Waals surface area (Å²) in [5, 5.41) is 8.84. The molecule has 2 saturated heterocycles. The van der Waals surface area contributed by atoms with Crippen molar-refractivity contribution in [2.45, 2.75) is 25.4 Å². The number of amides is 2. The van der Waals surface area contributed by atoms with Crippen LogP contribution in [0.1, 0.15) is 19.3 Å². The highest BCUT2D eigenvalue weighted by Crippen LogP contribution is 2.14. The predicted octanol–water partition coefficient (Wildman–Crippen LogP) is 0.310. The van der Waals surface area contributed by atoms with E-state index in [0.717, 1.165) is 32.4 Å². The van der Waals surface area contributed by atoms with Crippen molar-refractivity contribution in [3.8, 4) is 0 Å². The van der Waals surface area contributed by atoms with Gasteiger partial charge in [-0.2, -0.15) is 0 Å². The fraction of sp³-hybridized carbons (Fsp3) is 0.857. The zero-order chi connectivity index (χ0) is 15.2. The Balaban J connectivity index is 1.80. The minimum absolute atomic E-state index is 0.0164. The Morgan fingerprint density at radius 3 is 2.71 bits per heavy atom. The van der Waals surface area contributed by atoms with Gasteiger partial charge in [0.15, 0.2) is 0 Å². The van der Waals surface area contributed by atoms with Crippen molar-refractivity contribution in [2.75, 3.05) is 52.9 Å². The van der Waals surface area contributed by atoms with Gasteiger partial charge < -0.3 is 19.6 Å². The third-order valence-corrected chi connectivity index (χ3v) is 4.05. The van der Waals surface area contributed by atoms with Crippen LogP contribution in [0.2, 0.25) is 0 Å². The van der Waals surface area contributed by atoms with E-state index in [-0.39, 0.29) is 18.7 Å². The summed E-state index contributed by atoms with van der Waals surface area (Å²) in [5.74, 6) is -0.815. The number of ether oxygens (including phenoxy) is 1. The molecule has 2 aliphatic rings. The second-order valence-corrected chi connectivity index (χ2v) is 5.81. The summed E-state index contributed by atoms with van der Waals surface area (Å²) in [6.07, 6.45) is 3.06. The minimum Gasteiger partial charge on any atom is -0.480 e. The molecule has 0 aromatic carbocycles. The standard InChI is InChI=1S/C14H25N3O4/c1-15(10-12-4-2-9-21-12)14(20)17-6-3-5-16(7-8-17)11-13(18)19/h12H,2-11H2,1H3,(H,18,19). The molecule has 2 rings (SSSR count). The van der Waals surface area contributed by atoms with Crippen LogP contribution in [0.15, 0.2) is 0 Å². The molecule has 0 bridgehead atoms. The molecule has 2 aliphatic heterocycles. The van der Waals surface area contributed by atoms with Gasteiger partial charge in [-0.15, -0.1) is 0 Å². The minimum atomic E-state index is -0.815. The highest BCUT2D eigenvalue weighted by atomic mass is 16.5. The number of aliphatic carboxylic acids is 1. The maximum Gasteiger partial charge on any atom is 0.319 e. The van der Waals surface area contributed by atoms with Crippen LogP contribution in [0, 0.1) is 0 Å². The Labute approximate surface area is 125 Å². The van der Waals surface area contributed by atoms with Gasteiger partial charge in [0.25, 0.3) is 0 Å². The Kier molecular flexibility index (Phi) is 5.81. The number of carboxylic acids is 1. The van der Waals surface area contributed by atoms with Crippen LogP contribution in [0.25, 0.3) is 0 Å². The first-order valence-corrected chi connectivity index (χ1v) is 7.62. The van der Waals surface area contributed by atoms with E-state index in [1.807, 2.05) is 16.8 Å². The molecule has 21 heavy (non-hydrogen) atoms. The number of likely N-dealkylation sites (N-methyl/N-ethyl adjacent to an activating group) is 1. The van der Waals surface area contributed by atoms with Gasteiger partial charge >= 0.3 is 12.0 Å². The molecule has 0 saturated carbocycles. The summed E-state index contributed by atoms with van der Waals surface area (Å²) >= 11 is 0. The molecule has 0 aromatic rings. The fourth-order valence-electron chi connectivity index (χ4n) is 2.92. The van der Waals surface area contributed by atoms with E-state index in [0.29, 0.717) is 26.2 Å². The van der Waals surface area contributed by atoms with Gasteiger partial charge in [0, 0.05) is 46.4 Å². The van der Waals surface area contributed by atoms with E-state index in [9.17, 15) is 9.59 Å². The lowest BCUT2D eigenvalue weighted by atomic mass is 10.2. The van der Waals surface area contributed by atoms with Gasteiger partial charge in [-0.1, -0.05) is 0 Å². The zero-order valence-corrected chi connectivity index (χ0v) is 12.7. The lowest BCUT2D eigenvalue weighted by Gasteiger charge is -2.28. The Morgan fingerprint density at radius 1 is 1.24 bits per heavy atom. The average Bonchev–Trinajstić information content (AvgIpc) is 2.83. The summed E-state index contributed by atoms with van der Waals surface area (Å²) in [6.45, 7) is 4.09. The zero-order valence-electron chi connectivity index (χ0n) is 12.7. The number of rotatable bonds is 4. The fourth-order valence-corrected chi connectivity index (χ4v) is 2.92. The molecule has 1 atom stereocenters. The first-order chi connectivity index (χ1) is 10.1. The largest absolute Gasteiger partial charge is 0.480 e. The van der Waals surface area contributed by atoms with Crippen molar-refractivity contribution < 1.29 is 19.4 Å². The average molecular weight is 299 g/mol. The number of carboxylic acid groups (broad SMARTS) is 1. The molecule has 0 spiro atoms. The van der Waals surface area contributed by atoms with Gasteiger partial charge in [0.05, 0.1) is 12.6 Å². The Hall–Kier alpha value is -1.34. The van der Waals surface area contributed by atoms with Gasteiger partial charge in [-0.3, -0.25) is 9.69 Å². The second kappa shape index (κ2) is 7.61. The second-order valence-electron chi connectivity index (χ2n) is 5.81. The Morgan fingerprint density at radius 2 is 2.05 bits per heavy atom. The molecule has 120 valence electrons. The van der Waals surface area contributed by atoms with E-state index >= 15 is 0 Å². The molecule has 7 nitrogen and oxygen atoms in total. The SMILES string of the molecule is CN(CC1CCCO1)C(=O)N1CCCN(CC(=O)O)CC1. The van der Waals surface area contributed by atoms with Gasteiger partial charge in [0.1, 0.15) is 0 Å². The van der Waals surface area contributed by atoms with Crippen LogP contribution in [0.3, 0.4) is 0 Å². The highest BCUT2D eigenvalue weighted by molar-refractivity contribution is 5.74. The van der Waals surface area contributed by atoms with Crippen molar-refractivity contribution in [1.29, 1.82) is 0 Å². The molecule has 0 aromatic heterocycles. The third-order valence-electron chi connectivity index (χ3n) is 4.05. The molecule has 2 fully saturated rings. The van der Waals surface area contributed by atoms with Crippen LogP contribution in [0.4, 0.5) is 4.79 Å². The smallest absolute Gasteiger partial charge is 0.319 e. The van der Waals surface area contributed by atoms with Crippen molar-refractivity contribution in [2.24, 2.45) is 0 Å². The summed E-state index contributed by atoms with van der Waals surface area (Å²) < 4.78 is 5.56. The van der Waals surface area contributed by atoms with Crippen LogP contribution < -0.4 is 0 Å². The molecular formula is C14H25N3O4. The molecule has 0 aliphatic carbocycles. The van der Waals surface area contributed by atoms with Crippen LogP contribution in [-0.2, 0) is 9.53 Å². The predicted molar refractivity (Wildman–Crippen MR) is 77.3 cm³/mol. The summed E-state index contributed by atoms with van der Waals surface area (Å²) in [4.78, 5) is 28.6. The molecule has 2 heterocycles. The van der Waals surface area contributed by atoms with Crippen molar-refractivity contribution >= 4 is 12.0 Å². The van der Waals surface area contributed by atoms with Crippen molar-refractivity contribution in [1.82, 2.24) is 14.7 Å². The number of nitrogens with zero attached hydrogens (tertiary/aromatic N) is 3. The first-order valence-electron chi connectivity index (χ1n) is 7.62. The van der Waals surface area contributed by atoms with E-state index in [4.69, 9.17) is 9.84 Å². The number of hydrogen-bond acceptors (Lipinski definition) is 4. The molecule has 1 N–H and O–H groups in total. The van der Waals surface area contributed by atoms with E-state index in [2.05, 4.69) is 0 Å². The first kappa shape index (κ1) is 16.0. The maximum atomic E-state index is 12.4.